The summed E-state index contributed by atoms with van der Waals surface area (Å²) in [5.41, 5.74) is -6.42. The lowest BCUT2D eigenvalue weighted by atomic mass is 9.93. The second-order valence-corrected chi connectivity index (χ2v) is 2.99. The van der Waals surface area contributed by atoms with E-state index in [1.807, 2.05) is 0 Å². The smallest absolute Gasteiger partial charge is 0.371 e. The molecule has 0 aromatic rings. The van der Waals surface area contributed by atoms with Crippen LogP contribution in [0.1, 0.15) is 0 Å². The van der Waals surface area contributed by atoms with Crippen LogP contribution >= 0.6 is 0 Å². The Morgan fingerprint density at radius 2 is 1.11 bits per heavy atom. The van der Waals surface area contributed by atoms with E-state index in [1.54, 1.807) is 0 Å². The Bertz CT molecular complexity index is 309. The molecule has 0 fully saturated rings. The third-order valence-electron chi connectivity index (χ3n) is 1.74. The molecule has 1 N–H and O–H groups in total. The van der Waals surface area contributed by atoms with E-state index in [1.165, 1.54) is 0 Å². The van der Waals surface area contributed by atoms with Crippen molar-refractivity contribution in [3.63, 3.8) is 0 Å². The van der Waals surface area contributed by atoms with Gasteiger partial charge in [0.2, 0.25) is 6.17 Å². The number of carbonyl (C=O) groups is 1. The second-order valence-electron chi connectivity index (χ2n) is 2.99. The molecule has 0 heterocycles. The van der Waals surface area contributed by atoms with Crippen molar-refractivity contribution >= 4 is 5.78 Å². The van der Waals surface area contributed by atoms with Gasteiger partial charge >= 0.3 is 18.5 Å². The fraction of sp³-hybridized carbons (Fsp3) is 0.833. The van der Waals surface area contributed by atoms with Crippen molar-refractivity contribution in [1.82, 2.24) is 0 Å². The zero-order chi connectivity index (χ0) is 15.2. The summed E-state index contributed by atoms with van der Waals surface area (Å²) < 4.78 is 119. The zero-order valence-electron chi connectivity index (χ0n) is 7.71. The van der Waals surface area contributed by atoms with Crippen molar-refractivity contribution in [2.24, 2.45) is 0 Å². The van der Waals surface area contributed by atoms with Gasteiger partial charge in [0.15, 0.2) is 0 Å². The maximum Gasteiger partial charge on any atom is 0.453 e. The minimum atomic E-state index is -6.86. The van der Waals surface area contributed by atoms with Crippen molar-refractivity contribution < 1.29 is 53.8 Å². The molecular weight excluding hydrogens is 294 g/mol. The van der Waals surface area contributed by atoms with Crippen LogP contribution in [0.4, 0.5) is 43.9 Å². The fourth-order valence-corrected chi connectivity index (χ4v) is 0.782. The topological polar surface area (TPSA) is 37.3 Å². The number of rotatable bonds is 2. The summed E-state index contributed by atoms with van der Waals surface area (Å²) in [4.78, 5) is 10.0. The summed E-state index contributed by atoms with van der Waals surface area (Å²) in [6, 6.07) is 0. The van der Waals surface area contributed by atoms with E-state index in [0.29, 0.717) is 0 Å². The highest BCUT2D eigenvalue weighted by Crippen LogP contribution is 2.47. The van der Waals surface area contributed by atoms with Gasteiger partial charge in [-0.25, -0.2) is 4.39 Å². The molecule has 0 spiro atoms. The molecule has 0 radical (unpaired) electrons. The number of hydrogen-bond acceptors (Lipinski definition) is 2. The first kappa shape index (κ1) is 16.9. The number of Topliss-reactive ketones (excluding diaryl/α,β-unsaturated/α-hetero) is 1. The van der Waals surface area contributed by atoms with Gasteiger partial charge in [-0.15, -0.1) is 0 Å². The first-order valence-electron chi connectivity index (χ1n) is 3.67. The lowest BCUT2D eigenvalue weighted by Crippen LogP contribution is -2.66. The lowest BCUT2D eigenvalue weighted by Gasteiger charge is -2.34. The Morgan fingerprint density at radius 1 is 0.833 bits per heavy atom. The third-order valence-corrected chi connectivity index (χ3v) is 1.74. The zero-order valence-corrected chi connectivity index (χ0v) is 7.71. The number of hydrogen-bond donors (Lipinski definition) is 1. The molecule has 0 aliphatic carbocycles. The summed E-state index contributed by atoms with van der Waals surface area (Å²) >= 11 is 0. The number of alkyl halides is 10. The van der Waals surface area contributed by atoms with Crippen LogP contribution in [0.5, 0.6) is 0 Å². The summed E-state index contributed by atoms with van der Waals surface area (Å²) in [5, 5.41) is 8.14. The predicted octanol–water partition coefficient (Wildman–Crippen LogP) is 2.31. The molecule has 0 saturated heterocycles. The van der Waals surface area contributed by atoms with Gasteiger partial charge in [0.05, 0.1) is 0 Å². The molecule has 2 nitrogen and oxygen atoms in total. The SMILES string of the molecule is O=C(C(F)C(O)(C(F)(F)F)C(F)(F)F)C(F)(F)F. The van der Waals surface area contributed by atoms with Gasteiger partial charge in [-0.05, 0) is 0 Å². The molecule has 0 bridgehead atoms. The average Bonchev–Trinajstić information content (AvgIpc) is 2.08. The van der Waals surface area contributed by atoms with Gasteiger partial charge in [0.25, 0.3) is 11.4 Å². The van der Waals surface area contributed by atoms with Crippen LogP contribution in [0.15, 0.2) is 0 Å². The van der Waals surface area contributed by atoms with Gasteiger partial charge in [0.1, 0.15) is 0 Å². The molecular formula is C6H2F10O2. The molecule has 0 aromatic carbocycles. The molecule has 0 rings (SSSR count). The van der Waals surface area contributed by atoms with Crippen LogP contribution in [0.3, 0.4) is 0 Å². The van der Waals surface area contributed by atoms with Crippen molar-refractivity contribution in [1.29, 1.82) is 0 Å². The molecule has 108 valence electrons. The Balaban J connectivity index is 5.74. The maximum absolute atomic E-state index is 12.6. The number of aliphatic hydroxyl groups is 1. The predicted molar refractivity (Wildman–Crippen MR) is 33.0 cm³/mol. The van der Waals surface area contributed by atoms with Crippen molar-refractivity contribution in [2.45, 2.75) is 30.3 Å². The Hall–Kier alpha value is -1.07. The van der Waals surface area contributed by atoms with Crippen LogP contribution < -0.4 is 0 Å². The summed E-state index contributed by atoms with van der Waals surface area (Å²) in [7, 11) is 0. The normalized spacial score (nSPS) is 16.6. The van der Waals surface area contributed by atoms with Gasteiger partial charge in [0, 0.05) is 0 Å². The molecule has 0 aliphatic rings. The molecule has 1 unspecified atom stereocenters. The van der Waals surface area contributed by atoms with Gasteiger partial charge in [-0.3, -0.25) is 4.79 Å². The summed E-state index contributed by atoms with van der Waals surface area (Å²) in [6.45, 7) is 0. The third kappa shape index (κ3) is 2.67. The van der Waals surface area contributed by atoms with Crippen LogP contribution in [-0.2, 0) is 4.79 Å². The highest BCUT2D eigenvalue weighted by atomic mass is 19.4. The van der Waals surface area contributed by atoms with Crippen LogP contribution in [0.2, 0.25) is 0 Å². The van der Waals surface area contributed by atoms with E-state index in [9.17, 15) is 48.7 Å². The standard InChI is InChI=1S/C6H2F10O2/c7-1(2(17)4(8,9)10)3(18,5(11,12)13)6(14,15)16/h1,18H. The maximum atomic E-state index is 12.6. The molecule has 0 aliphatic heterocycles. The molecule has 0 amide bonds. The van der Waals surface area contributed by atoms with Gasteiger partial charge in [-0.1, -0.05) is 0 Å². The van der Waals surface area contributed by atoms with Crippen LogP contribution in [-0.4, -0.2) is 41.2 Å². The first-order chi connectivity index (χ1) is 7.57. The molecule has 12 heteroatoms. The highest BCUT2D eigenvalue weighted by molar-refractivity contribution is 5.89. The van der Waals surface area contributed by atoms with Crippen molar-refractivity contribution in [2.75, 3.05) is 0 Å². The Kier molecular flexibility index (Phi) is 3.99. The molecule has 0 saturated carbocycles. The van der Waals surface area contributed by atoms with Crippen LogP contribution in [0, 0.1) is 0 Å². The largest absolute Gasteiger partial charge is 0.453 e. The van der Waals surface area contributed by atoms with E-state index in [2.05, 4.69) is 0 Å². The van der Waals surface area contributed by atoms with E-state index in [0.717, 1.165) is 0 Å². The Morgan fingerprint density at radius 3 is 1.28 bits per heavy atom. The van der Waals surface area contributed by atoms with E-state index in [4.69, 9.17) is 5.11 Å². The monoisotopic (exact) mass is 296 g/mol. The van der Waals surface area contributed by atoms with Crippen molar-refractivity contribution in [3.8, 4) is 0 Å². The molecule has 0 aromatic heterocycles. The fourth-order valence-electron chi connectivity index (χ4n) is 0.782. The van der Waals surface area contributed by atoms with E-state index < -0.39 is 36.1 Å². The van der Waals surface area contributed by atoms with Gasteiger partial charge in [-0.2, -0.15) is 39.5 Å². The minimum absolute atomic E-state index is 3.99. The minimum Gasteiger partial charge on any atom is -0.371 e. The lowest BCUT2D eigenvalue weighted by molar-refractivity contribution is -0.381. The highest BCUT2D eigenvalue weighted by Gasteiger charge is 2.78. The molecule has 18 heavy (non-hydrogen) atoms. The average molecular weight is 296 g/mol. The van der Waals surface area contributed by atoms with Gasteiger partial charge < -0.3 is 5.11 Å². The summed E-state index contributed by atoms with van der Waals surface area (Å²) in [6.07, 6.45) is -25.3. The number of ketones is 1. The number of halogens is 10. The summed E-state index contributed by atoms with van der Waals surface area (Å²) in [5.74, 6) is -3.99. The second kappa shape index (κ2) is 4.24. The molecule has 1 atom stereocenters. The van der Waals surface area contributed by atoms with E-state index >= 15 is 0 Å². The first-order valence-corrected chi connectivity index (χ1v) is 3.67. The number of carbonyl (C=O) groups excluding carboxylic acids is 1. The van der Waals surface area contributed by atoms with Crippen LogP contribution in [0.25, 0.3) is 0 Å². The Labute approximate surface area is 91.2 Å². The van der Waals surface area contributed by atoms with Crippen molar-refractivity contribution in [3.05, 3.63) is 0 Å². The quantitative estimate of drug-likeness (QED) is 0.794. The van der Waals surface area contributed by atoms with E-state index in [-0.39, 0.29) is 0 Å².